The average Bonchev–Trinajstić information content (AvgIpc) is 3.12. The number of benzene rings is 2. The molecule has 27 heavy (non-hydrogen) atoms. The second-order valence-corrected chi connectivity index (χ2v) is 6.17. The number of hydrogen-bond acceptors (Lipinski definition) is 5. The molecule has 3 rings (SSSR count). The van der Waals surface area contributed by atoms with Gasteiger partial charge in [-0.1, -0.05) is 24.3 Å². The summed E-state index contributed by atoms with van der Waals surface area (Å²) >= 11 is 0. The number of nitrogens with one attached hydrogen (secondary N) is 2. The van der Waals surface area contributed by atoms with Crippen molar-refractivity contribution in [2.75, 3.05) is 10.6 Å². The summed E-state index contributed by atoms with van der Waals surface area (Å²) in [5, 5.41) is 17.9. The maximum absolute atomic E-state index is 12.5. The van der Waals surface area contributed by atoms with Crippen LogP contribution in [0.5, 0.6) is 0 Å². The molecule has 0 radical (unpaired) electrons. The number of aryl methyl sites for hydroxylation is 1. The van der Waals surface area contributed by atoms with E-state index in [1.165, 1.54) is 11.7 Å². The Balaban J connectivity index is 1.69. The first-order valence-corrected chi connectivity index (χ1v) is 8.48. The molecule has 3 aromatic rings. The third-order valence-electron chi connectivity index (χ3n) is 4.01. The second-order valence-electron chi connectivity index (χ2n) is 6.17. The highest BCUT2D eigenvalue weighted by molar-refractivity contribution is 5.94. The fourth-order valence-electron chi connectivity index (χ4n) is 2.51. The van der Waals surface area contributed by atoms with Crippen molar-refractivity contribution in [2.45, 2.75) is 26.8 Å². The SMILES string of the molecule is CC(=O)Nc1ccc(NC(=O)[C@H](C)n2nnc(-c3ccccc3C)n2)cc1. The normalized spacial score (nSPS) is 11.7. The van der Waals surface area contributed by atoms with Crippen LogP contribution >= 0.6 is 0 Å². The number of rotatable bonds is 5. The van der Waals surface area contributed by atoms with E-state index in [2.05, 4.69) is 26.0 Å². The fourth-order valence-corrected chi connectivity index (χ4v) is 2.51. The second kappa shape index (κ2) is 7.77. The number of anilines is 2. The lowest BCUT2D eigenvalue weighted by molar-refractivity contribution is -0.119. The van der Waals surface area contributed by atoms with Crippen LogP contribution in [0, 0.1) is 6.92 Å². The molecule has 0 aliphatic heterocycles. The summed E-state index contributed by atoms with van der Waals surface area (Å²) < 4.78 is 0. The Labute approximate surface area is 156 Å². The van der Waals surface area contributed by atoms with Crippen molar-refractivity contribution in [3.8, 4) is 11.4 Å². The molecule has 8 nitrogen and oxygen atoms in total. The van der Waals surface area contributed by atoms with Crippen LogP contribution in [0.3, 0.4) is 0 Å². The number of amides is 2. The van der Waals surface area contributed by atoms with Crippen LogP contribution in [0.1, 0.15) is 25.5 Å². The molecule has 0 aliphatic rings. The van der Waals surface area contributed by atoms with Gasteiger partial charge in [0.15, 0.2) is 0 Å². The number of aromatic nitrogens is 4. The monoisotopic (exact) mass is 364 g/mol. The summed E-state index contributed by atoms with van der Waals surface area (Å²) in [7, 11) is 0. The summed E-state index contributed by atoms with van der Waals surface area (Å²) in [6, 6.07) is 13.9. The standard InChI is InChI=1S/C19H20N6O2/c1-12-6-4-5-7-17(12)18-22-24-25(23-18)13(2)19(27)21-16-10-8-15(9-11-16)20-14(3)26/h4-11,13H,1-3H3,(H,20,26)(H,21,27)/t13-/m0/s1. The van der Waals surface area contributed by atoms with Crippen LogP contribution in [-0.4, -0.2) is 32.0 Å². The minimum absolute atomic E-state index is 0.151. The molecule has 0 aliphatic carbocycles. The van der Waals surface area contributed by atoms with E-state index in [4.69, 9.17) is 0 Å². The lowest BCUT2D eigenvalue weighted by Crippen LogP contribution is -2.25. The fraction of sp³-hybridized carbons (Fsp3) is 0.211. The molecule has 1 heterocycles. The summed E-state index contributed by atoms with van der Waals surface area (Å²) in [4.78, 5) is 24.8. The van der Waals surface area contributed by atoms with Crippen LogP contribution in [-0.2, 0) is 9.59 Å². The Morgan fingerprint density at radius 3 is 2.26 bits per heavy atom. The van der Waals surface area contributed by atoms with E-state index in [-0.39, 0.29) is 11.8 Å². The summed E-state index contributed by atoms with van der Waals surface area (Å²) in [5.41, 5.74) is 3.19. The van der Waals surface area contributed by atoms with Gasteiger partial charge in [0.05, 0.1) is 0 Å². The predicted octanol–water partition coefficient (Wildman–Crippen LogP) is 2.81. The maximum atomic E-state index is 12.5. The van der Waals surface area contributed by atoms with E-state index in [1.807, 2.05) is 31.2 Å². The van der Waals surface area contributed by atoms with E-state index in [0.717, 1.165) is 11.1 Å². The number of carbonyl (C=O) groups is 2. The largest absolute Gasteiger partial charge is 0.326 e. The molecule has 2 N–H and O–H groups in total. The number of carbonyl (C=O) groups excluding carboxylic acids is 2. The first-order chi connectivity index (χ1) is 12.9. The first-order valence-electron chi connectivity index (χ1n) is 8.48. The molecule has 0 saturated heterocycles. The molecule has 0 spiro atoms. The van der Waals surface area contributed by atoms with Crippen molar-refractivity contribution < 1.29 is 9.59 Å². The first kappa shape index (κ1) is 18.2. The molecule has 8 heteroatoms. The molecular formula is C19H20N6O2. The van der Waals surface area contributed by atoms with Gasteiger partial charge in [-0.05, 0) is 48.9 Å². The van der Waals surface area contributed by atoms with Gasteiger partial charge in [0.25, 0.3) is 5.91 Å². The lowest BCUT2D eigenvalue weighted by atomic mass is 10.1. The highest BCUT2D eigenvalue weighted by atomic mass is 16.2. The van der Waals surface area contributed by atoms with Crippen LogP contribution < -0.4 is 10.6 Å². The van der Waals surface area contributed by atoms with E-state index in [9.17, 15) is 9.59 Å². The van der Waals surface area contributed by atoms with Gasteiger partial charge in [0.1, 0.15) is 6.04 Å². The summed E-state index contributed by atoms with van der Waals surface area (Å²) in [5.74, 6) is 0.0607. The molecule has 2 aromatic carbocycles. The van der Waals surface area contributed by atoms with Crippen LogP contribution in [0.25, 0.3) is 11.4 Å². The Hall–Kier alpha value is -3.55. The Morgan fingerprint density at radius 2 is 1.63 bits per heavy atom. The zero-order valence-corrected chi connectivity index (χ0v) is 15.3. The Bertz CT molecular complexity index is 964. The van der Waals surface area contributed by atoms with Crippen molar-refractivity contribution in [1.29, 1.82) is 0 Å². The van der Waals surface area contributed by atoms with Crippen molar-refractivity contribution in [2.24, 2.45) is 0 Å². The topological polar surface area (TPSA) is 102 Å². The van der Waals surface area contributed by atoms with Gasteiger partial charge in [0.2, 0.25) is 11.7 Å². The predicted molar refractivity (Wildman–Crippen MR) is 102 cm³/mol. The van der Waals surface area contributed by atoms with Gasteiger partial charge in [-0.25, -0.2) is 0 Å². The van der Waals surface area contributed by atoms with Crippen molar-refractivity contribution >= 4 is 23.2 Å². The van der Waals surface area contributed by atoms with E-state index in [1.54, 1.807) is 31.2 Å². The minimum atomic E-state index is -0.634. The van der Waals surface area contributed by atoms with Crippen LogP contribution in [0.2, 0.25) is 0 Å². The highest BCUT2D eigenvalue weighted by Gasteiger charge is 2.19. The smallest absolute Gasteiger partial charge is 0.250 e. The minimum Gasteiger partial charge on any atom is -0.326 e. The van der Waals surface area contributed by atoms with Crippen LogP contribution in [0.4, 0.5) is 11.4 Å². The molecule has 1 atom stereocenters. The Morgan fingerprint density at radius 1 is 1.00 bits per heavy atom. The third kappa shape index (κ3) is 4.35. The Kier molecular flexibility index (Phi) is 5.25. The van der Waals surface area contributed by atoms with Crippen molar-refractivity contribution in [3.05, 3.63) is 54.1 Å². The maximum Gasteiger partial charge on any atom is 0.250 e. The molecule has 0 bridgehead atoms. The number of tetrazole rings is 1. The van der Waals surface area contributed by atoms with Gasteiger partial charge in [0, 0.05) is 23.9 Å². The van der Waals surface area contributed by atoms with Gasteiger partial charge in [-0.2, -0.15) is 4.80 Å². The molecular weight excluding hydrogens is 344 g/mol. The van der Waals surface area contributed by atoms with E-state index < -0.39 is 6.04 Å². The third-order valence-corrected chi connectivity index (χ3v) is 4.01. The zero-order chi connectivity index (χ0) is 19.4. The number of nitrogens with zero attached hydrogens (tertiary/aromatic N) is 4. The number of hydrogen-bond donors (Lipinski definition) is 2. The molecule has 0 fully saturated rings. The molecule has 2 amide bonds. The summed E-state index contributed by atoms with van der Waals surface area (Å²) in [6.45, 7) is 5.11. The van der Waals surface area contributed by atoms with Gasteiger partial charge < -0.3 is 10.6 Å². The quantitative estimate of drug-likeness (QED) is 0.725. The molecule has 0 unspecified atom stereocenters. The molecule has 138 valence electrons. The summed E-state index contributed by atoms with van der Waals surface area (Å²) in [6.07, 6.45) is 0. The highest BCUT2D eigenvalue weighted by Crippen LogP contribution is 2.19. The van der Waals surface area contributed by atoms with Crippen LogP contribution in [0.15, 0.2) is 48.5 Å². The lowest BCUT2D eigenvalue weighted by Gasteiger charge is -2.11. The van der Waals surface area contributed by atoms with Gasteiger partial charge >= 0.3 is 0 Å². The molecule has 1 aromatic heterocycles. The average molecular weight is 364 g/mol. The molecule has 0 saturated carbocycles. The van der Waals surface area contributed by atoms with Gasteiger partial charge in [-0.15, -0.1) is 10.2 Å². The van der Waals surface area contributed by atoms with Gasteiger partial charge in [-0.3, -0.25) is 9.59 Å². The van der Waals surface area contributed by atoms with E-state index >= 15 is 0 Å². The zero-order valence-electron chi connectivity index (χ0n) is 15.3. The van der Waals surface area contributed by atoms with Crippen molar-refractivity contribution in [3.63, 3.8) is 0 Å². The van der Waals surface area contributed by atoms with Crippen molar-refractivity contribution in [1.82, 2.24) is 20.2 Å². The van der Waals surface area contributed by atoms with E-state index in [0.29, 0.717) is 17.2 Å².